The molecule has 0 spiro atoms. The lowest BCUT2D eigenvalue weighted by atomic mass is 9.71. The summed E-state index contributed by atoms with van der Waals surface area (Å²) in [4.78, 5) is 9.44. The summed E-state index contributed by atoms with van der Waals surface area (Å²) in [5.74, 6) is 0.792. The molecule has 0 aliphatic carbocycles. The zero-order valence-corrected chi connectivity index (χ0v) is 16.8. The van der Waals surface area contributed by atoms with Crippen molar-refractivity contribution in [1.29, 1.82) is 0 Å². The fourth-order valence-corrected chi connectivity index (χ4v) is 3.58. The number of benzene rings is 2. The van der Waals surface area contributed by atoms with Crippen LogP contribution in [-0.2, 0) is 10.8 Å². The maximum Gasteiger partial charge on any atom is 0.212 e. The van der Waals surface area contributed by atoms with Gasteiger partial charge in [0.15, 0.2) is 0 Å². The van der Waals surface area contributed by atoms with Crippen molar-refractivity contribution in [3.05, 3.63) is 53.1 Å². The number of hydrogen-bond donors (Lipinski definition) is 1. The average Bonchev–Trinajstić information content (AvgIpc) is 2.47. The van der Waals surface area contributed by atoms with Gasteiger partial charge in [-0.1, -0.05) is 77.9 Å². The van der Waals surface area contributed by atoms with E-state index < -0.39 is 9.03 Å². The highest BCUT2D eigenvalue weighted by Crippen LogP contribution is 2.47. The van der Waals surface area contributed by atoms with Crippen molar-refractivity contribution in [2.45, 2.75) is 59.3 Å². The molecule has 0 saturated heterocycles. The molecule has 24 heavy (non-hydrogen) atoms. The first-order valence-electron chi connectivity index (χ1n) is 8.37. The molecule has 3 heteroatoms. The van der Waals surface area contributed by atoms with Gasteiger partial charge in [0.2, 0.25) is 9.03 Å². The van der Waals surface area contributed by atoms with Crippen LogP contribution in [0.4, 0.5) is 0 Å². The molecule has 0 aliphatic heterocycles. The first kappa shape index (κ1) is 19.0. The highest BCUT2D eigenvalue weighted by Gasteiger charge is 2.31. The fraction of sp³-hybridized carbons (Fsp3) is 0.429. The normalized spacial score (nSPS) is 12.8. The molecule has 0 heterocycles. The molecule has 0 saturated carbocycles. The molecule has 2 nitrogen and oxygen atoms in total. The van der Waals surface area contributed by atoms with Crippen molar-refractivity contribution >= 4 is 9.03 Å². The largest absolute Gasteiger partial charge is 0.449 e. The Morgan fingerprint density at radius 1 is 0.917 bits per heavy atom. The standard InChI is InChI=1S/C21H29O2P/c1-14-13-16(20(2,3)4)18(21(5,6)7)17(19(14)23-24-22)15-11-9-8-10-12-15/h8-13,22,24H,1-7H3. The Kier molecular flexibility index (Phi) is 5.42. The smallest absolute Gasteiger partial charge is 0.212 e. The van der Waals surface area contributed by atoms with E-state index >= 15 is 0 Å². The lowest BCUT2D eigenvalue weighted by Gasteiger charge is -2.34. The molecule has 0 fully saturated rings. The van der Waals surface area contributed by atoms with Crippen molar-refractivity contribution < 1.29 is 9.42 Å². The van der Waals surface area contributed by atoms with E-state index in [0.717, 1.165) is 22.4 Å². The van der Waals surface area contributed by atoms with E-state index in [-0.39, 0.29) is 10.8 Å². The van der Waals surface area contributed by atoms with Gasteiger partial charge >= 0.3 is 0 Å². The summed E-state index contributed by atoms with van der Waals surface area (Å²) < 4.78 is 5.71. The molecule has 0 amide bonds. The van der Waals surface area contributed by atoms with Crippen molar-refractivity contribution in [3.63, 3.8) is 0 Å². The van der Waals surface area contributed by atoms with Gasteiger partial charge < -0.3 is 9.42 Å². The van der Waals surface area contributed by atoms with Gasteiger partial charge in [-0.05, 0) is 40.0 Å². The van der Waals surface area contributed by atoms with E-state index in [1.165, 1.54) is 11.1 Å². The van der Waals surface area contributed by atoms with Crippen LogP contribution in [0.5, 0.6) is 5.75 Å². The number of hydrogen-bond acceptors (Lipinski definition) is 2. The van der Waals surface area contributed by atoms with Crippen LogP contribution in [-0.4, -0.2) is 4.89 Å². The second-order valence-electron chi connectivity index (χ2n) is 8.38. The topological polar surface area (TPSA) is 29.5 Å². The highest BCUT2D eigenvalue weighted by molar-refractivity contribution is 7.25. The molecule has 0 radical (unpaired) electrons. The van der Waals surface area contributed by atoms with Crippen molar-refractivity contribution in [2.75, 3.05) is 0 Å². The minimum atomic E-state index is -0.564. The van der Waals surface area contributed by atoms with Crippen molar-refractivity contribution in [3.8, 4) is 16.9 Å². The Morgan fingerprint density at radius 3 is 1.96 bits per heavy atom. The summed E-state index contributed by atoms with van der Waals surface area (Å²) in [7, 11) is -0.564. The quantitative estimate of drug-likeness (QED) is 0.678. The monoisotopic (exact) mass is 344 g/mol. The summed E-state index contributed by atoms with van der Waals surface area (Å²) in [5.41, 5.74) is 5.91. The van der Waals surface area contributed by atoms with Gasteiger partial charge in [-0.2, -0.15) is 0 Å². The van der Waals surface area contributed by atoms with Gasteiger partial charge in [-0.15, -0.1) is 0 Å². The Bertz CT molecular complexity index is 707. The van der Waals surface area contributed by atoms with Crippen LogP contribution in [0.15, 0.2) is 36.4 Å². The van der Waals surface area contributed by atoms with Gasteiger partial charge in [0.25, 0.3) is 0 Å². The molecule has 0 bridgehead atoms. The Balaban J connectivity index is 2.98. The van der Waals surface area contributed by atoms with Crippen molar-refractivity contribution in [2.24, 2.45) is 0 Å². The second-order valence-corrected chi connectivity index (χ2v) is 8.77. The predicted molar refractivity (Wildman–Crippen MR) is 105 cm³/mol. The first-order chi connectivity index (χ1) is 11.1. The molecular weight excluding hydrogens is 315 g/mol. The maximum atomic E-state index is 9.44. The second kappa shape index (κ2) is 6.86. The van der Waals surface area contributed by atoms with Crippen LogP contribution in [0.25, 0.3) is 11.1 Å². The third-order valence-electron chi connectivity index (χ3n) is 4.23. The van der Waals surface area contributed by atoms with Gasteiger partial charge in [-0.3, -0.25) is 0 Å². The molecule has 0 aliphatic rings. The van der Waals surface area contributed by atoms with E-state index in [1.807, 2.05) is 18.2 Å². The van der Waals surface area contributed by atoms with Crippen LogP contribution in [0, 0.1) is 6.92 Å². The molecule has 2 aromatic rings. The van der Waals surface area contributed by atoms with E-state index in [2.05, 4.69) is 66.7 Å². The fourth-order valence-electron chi connectivity index (χ4n) is 3.23. The summed E-state index contributed by atoms with van der Waals surface area (Å²) >= 11 is 0. The minimum Gasteiger partial charge on any atom is -0.449 e. The van der Waals surface area contributed by atoms with Gasteiger partial charge in [0.1, 0.15) is 5.75 Å². The lowest BCUT2D eigenvalue weighted by Crippen LogP contribution is -2.23. The highest BCUT2D eigenvalue weighted by atomic mass is 31.1. The molecule has 0 aromatic heterocycles. The molecule has 1 atom stereocenters. The van der Waals surface area contributed by atoms with Crippen LogP contribution < -0.4 is 4.52 Å². The SMILES string of the molecule is Cc1cc(C(C)(C)C)c(C(C)(C)C)c(-c2ccccc2)c1OPO. The molecular formula is C21H29O2P. The van der Waals surface area contributed by atoms with E-state index in [1.54, 1.807) is 0 Å². The van der Waals surface area contributed by atoms with Crippen molar-refractivity contribution in [1.82, 2.24) is 0 Å². The van der Waals surface area contributed by atoms with Gasteiger partial charge in [0.05, 0.1) is 0 Å². The zero-order valence-electron chi connectivity index (χ0n) is 15.8. The average molecular weight is 344 g/mol. The third-order valence-corrected chi connectivity index (χ3v) is 4.53. The van der Waals surface area contributed by atoms with E-state index in [0.29, 0.717) is 0 Å². The maximum absolute atomic E-state index is 9.44. The molecule has 130 valence electrons. The van der Waals surface area contributed by atoms with Crippen LogP contribution in [0.3, 0.4) is 0 Å². The summed E-state index contributed by atoms with van der Waals surface area (Å²) in [6, 6.07) is 12.6. The minimum absolute atomic E-state index is 0.0247. The summed E-state index contributed by atoms with van der Waals surface area (Å²) in [6.07, 6.45) is 0. The van der Waals surface area contributed by atoms with Crippen LogP contribution >= 0.6 is 9.03 Å². The predicted octanol–water partition coefficient (Wildman–Crippen LogP) is 6.14. The lowest BCUT2D eigenvalue weighted by molar-refractivity contribution is 0.502. The number of aryl methyl sites for hydroxylation is 1. The Hall–Kier alpha value is -1.37. The zero-order chi connectivity index (χ0) is 18.1. The Labute approximate surface area is 148 Å². The molecule has 2 rings (SSSR count). The number of rotatable bonds is 3. The summed E-state index contributed by atoms with van der Waals surface area (Å²) in [6.45, 7) is 15.5. The molecule has 1 N–H and O–H groups in total. The van der Waals surface area contributed by atoms with E-state index in [4.69, 9.17) is 4.52 Å². The van der Waals surface area contributed by atoms with E-state index in [9.17, 15) is 4.89 Å². The summed E-state index contributed by atoms with van der Waals surface area (Å²) in [5, 5.41) is 0. The van der Waals surface area contributed by atoms with Crippen LogP contribution in [0.2, 0.25) is 0 Å². The molecule has 1 unspecified atom stereocenters. The van der Waals surface area contributed by atoms with Gasteiger partial charge in [-0.25, -0.2) is 0 Å². The Morgan fingerprint density at radius 2 is 1.50 bits per heavy atom. The van der Waals surface area contributed by atoms with Crippen LogP contribution in [0.1, 0.15) is 58.2 Å². The first-order valence-corrected chi connectivity index (χ1v) is 9.23. The van der Waals surface area contributed by atoms with Gasteiger partial charge in [0, 0.05) is 5.56 Å². The third kappa shape index (κ3) is 3.82. The molecule has 2 aromatic carbocycles.